The average Bonchev–Trinajstić information content (AvgIpc) is 3.37. The molecule has 208 valence electrons. The lowest BCUT2D eigenvalue weighted by Crippen LogP contribution is -2.42. The van der Waals surface area contributed by atoms with E-state index in [-0.39, 0.29) is 0 Å². The Morgan fingerprint density at radius 3 is 2.08 bits per heavy atom. The lowest BCUT2D eigenvalue weighted by Gasteiger charge is -2.25. The molecule has 0 saturated carbocycles. The van der Waals surface area contributed by atoms with Gasteiger partial charge in [-0.1, -0.05) is 12.1 Å². The second kappa shape index (κ2) is 14.8. The van der Waals surface area contributed by atoms with E-state index >= 15 is 0 Å². The molecule has 0 bridgehead atoms. The van der Waals surface area contributed by atoms with Gasteiger partial charge in [0.25, 0.3) is 0 Å². The Bertz CT molecular complexity index is 976. The number of hydrogen-bond acceptors (Lipinski definition) is 10. The third-order valence-corrected chi connectivity index (χ3v) is 5.67. The van der Waals surface area contributed by atoms with E-state index in [4.69, 9.17) is 29.9 Å². The molecule has 13 heteroatoms. The van der Waals surface area contributed by atoms with Crippen molar-refractivity contribution in [3.8, 4) is 5.75 Å². The SMILES string of the molecule is CNc1ncc(CN(Cc2ccc(OC)cc2)CC2CCCO2)cn1.O=C(O)CC(O)(CC(=O)O)C(=O)O. The Hall–Kier alpha value is -3.81. The molecule has 13 nitrogen and oxygen atoms in total. The molecule has 1 atom stereocenters. The number of rotatable bonds is 13. The van der Waals surface area contributed by atoms with Gasteiger partial charge in [0.05, 0.1) is 26.1 Å². The van der Waals surface area contributed by atoms with Crippen molar-refractivity contribution in [3.05, 3.63) is 47.8 Å². The van der Waals surface area contributed by atoms with Gasteiger partial charge in [0.2, 0.25) is 5.95 Å². The number of ether oxygens (including phenoxy) is 2. The van der Waals surface area contributed by atoms with Crippen molar-refractivity contribution in [2.24, 2.45) is 0 Å². The number of nitrogens with one attached hydrogen (secondary N) is 1. The summed E-state index contributed by atoms with van der Waals surface area (Å²) in [6.07, 6.45) is 4.08. The minimum atomic E-state index is -2.74. The average molecular weight is 535 g/mol. The van der Waals surface area contributed by atoms with Crippen molar-refractivity contribution in [2.75, 3.05) is 32.6 Å². The number of hydrogen-bond donors (Lipinski definition) is 5. The van der Waals surface area contributed by atoms with Gasteiger partial charge in [-0.05, 0) is 30.5 Å². The van der Waals surface area contributed by atoms with Crippen molar-refractivity contribution >= 4 is 23.9 Å². The first-order valence-corrected chi connectivity index (χ1v) is 11.9. The Morgan fingerprint density at radius 1 is 1.05 bits per heavy atom. The second-order valence-electron chi connectivity index (χ2n) is 8.80. The van der Waals surface area contributed by atoms with Gasteiger partial charge in [0, 0.05) is 51.2 Å². The largest absolute Gasteiger partial charge is 0.497 e. The second-order valence-corrected chi connectivity index (χ2v) is 8.80. The monoisotopic (exact) mass is 534 g/mol. The topological polar surface area (TPSA) is 192 Å². The van der Waals surface area contributed by atoms with Gasteiger partial charge in [0.15, 0.2) is 5.60 Å². The number of methoxy groups -OCH3 is 1. The molecule has 1 aromatic carbocycles. The highest BCUT2D eigenvalue weighted by atomic mass is 16.5. The van der Waals surface area contributed by atoms with Gasteiger partial charge < -0.3 is 35.2 Å². The van der Waals surface area contributed by atoms with Crippen LogP contribution < -0.4 is 10.1 Å². The summed E-state index contributed by atoms with van der Waals surface area (Å²) in [6.45, 7) is 3.45. The molecule has 2 heterocycles. The molecule has 1 aliphatic rings. The van der Waals surface area contributed by atoms with Crippen LogP contribution in [0.3, 0.4) is 0 Å². The number of carbonyl (C=O) groups is 3. The summed E-state index contributed by atoms with van der Waals surface area (Å²) >= 11 is 0. The minimum absolute atomic E-state index is 0.316. The summed E-state index contributed by atoms with van der Waals surface area (Å²) in [5.74, 6) is -3.50. The Balaban J connectivity index is 0.000000332. The van der Waals surface area contributed by atoms with Gasteiger partial charge in [-0.15, -0.1) is 0 Å². The molecule has 0 radical (unpaired) electrons. The third kappa shape index (κ3) is 10.3. The fourth-order valence-corrected chi connectivity index (χ4v) is 3.79. The molecule has 1 unspecified atom stereocenters. The first kappa shape index (κ1) is 30.4. The zero-order valence-electron chi connectivity index (χ0n) is 21.4. The van der Waals surface area contributed by atoms with Crippen LogP contribution in [0.4, 0.5) is 5.95 Å². The highest BCUT2D eigenvalue weighted by Gasteiger charge is 2.40. The standard InChI is InChI=1S/C19H26N4O2.C6H8O7/c1-20-19-21-10-16(11-22-19)13-23(14-18-4-3-9-25-18)12-15-5-7-17(24-2)8-6-15;7-3(8)1-6(13,5(11)12)2-4(9)10/h5-8,10-11,18H,3-4,9,12-14H2,1-2H3,(H,20,21,22);13H,1-2H2,(H,7,8)(H,9,10)(H,11,12). The fraction of sp³-hybridized carbons (Fsp3) is 0.480. The van der Waals surface area contributed by atoms with Crippen LogP contribution in [0.5, 0.6) is 5.75 Å². The van der Waals surface area contributed by atoms with Gasteiger partial charge in [-0.25, -0.2) is 14.8 Å². The fourth-order valence-electron chi connectivity index (χ4n) is 3.79. The highest BCUT2D eigenvalue weighted by Crippen LogP contribution is 2.19. The van der Waals surface area contributed by atoms with Crippen molar-refractivity contribution < 1.29 is 44.3 Å². The Labute approximate surface area is 220 Å². The van der Waals surface area contributed by atoms with E-state index in [0.29, 0.717) is 12.1 Å². The van der Waals surface area contributed by atoms with Crippen molar-refractivity contribution in [2.45, 2.75) is 50.5 Å². The molecule has 2 aromatic rings. The molecule has 0 amide bonds. The lowest BCUT2D eigenvalue weighted by molar-refractivity contribution is -0.170. The predicted octanol–water partition coefficient (Wildman–Crippen LogP) is 1.46. The molecule has 0 spiro atoms. The smallest absolute Gasteiger partial charge is 0.336 e. The molecule has 5 N–H and O–H groups in total. The van der Waals surface area contributed by atoms with Gasteiger partial charge in [-0.3, -0.25) is 14.5 Å². The third-order valence-electron chi connectivity index (χ3n) is 5.67. The molecule has 1 saturated heterocycles. The molecule has 0 aliphatic carbocycles. The Kier molecular flexibility index (Phi) is 11.9. The number of aliphatic carboxylic acids is 3. The van der Waals surface area contributed by atoms with Crippen LogP contribution in [-0.2, 0) is 32.2 Å². The number of carboxylic acids is 3. The van der Waals surface area contributed by atoms with Crippen LogP contribution in [0, 0.1) is 0 Å². The number of benzene rings is 1. The summed E-state index contributed by atoms with van der Waals surface area (Å²) in [5.41, 5.74) is -0.380. The van der Waals surface area contributed by atoms with Crippen LogP contribution in [0.25, 0.3) is 0 Å². The van der Waals surface area contributed by atoms with Crippen LogP contribution in [0.2, 0.25) is 0 Å². The summed E-state index contributed by atoms with van der Waals surface area (Å²) in [5, 5.41) is 36.8. The highest BCUT2D eigenvalue weighted by molar-refractivity contribution is 5.88. The quantitative estimate of drug-likeness (QED) is 0.248. The molecule has 3 rings (SSSR count). The normalized spacial score (nSPS) is 14.9. The molecule has 1 aliphatic heterocycles. The number of carboxylic acid groups (broad SMARTS) is 3. The molecular weight excluding hydrogens is 500 g/mol. The van der Waals surface area contributed by atoms with E-state index in [1.807, 2.05) is 31.6 Å². The van der Waals surface area contributed by atoms with Crippen molar-refractivity contribution in [1.29, 1.82) is 0 Å². The Morgan fingerprint density at radius 2 is 1.63 bits per heavy atom. The zero-order valence-corrected chi connectivity index (χ0v) is 21.4. The first-order chi connectivity index (χ1) is 18.0. The first-order valence-electron chi connectivity index (χ1n) is 11.9. The number of aromatic nitrogens is 2. The van der Waals surface area contributed by atoms with E-state index in [2.05, 4.69) is 32.3 Å². The van der Waals surface area contributed by atoms with E-state index in [1.54, 1.807) is 7.11 Å². The van der Waals surface area contributed by atoms with E-state index in [1.165, 1.54) is 5.56 Å². The molecular formula is C25H34N4O9. The number of anilines is 1. The summed E-state index contributed by atoms with van der Waals surface area (Å²) in [7, 11) is 3.51. The maximum absolute atomic E-state index is 10.3. The van der Waals surface area contributed by atoms with Crippen LogP contribution in [0.1, 0.15) is 36.8 Å². The van der Waals surface area contributed by atoms with Crippen LogP contribution >= 0.6 is 0 Å². The maximum atomic E-state index is 10.3. The van der Waals surface area contributed by atoms with Crippen LogP contribution in [0.15, 0.2) is 36.7 Å². The zero-order chi connectivity index (χ0) is 28.1. The predicted molar refractivity (Wildman–Crippen MR) is 135 cm³/mol. The van der Waals surface area contributed by atoms with E-state index in [9.17, 15) is 14.4 Å². The summed E-state index contributed by atoms with van der Waals surface area (Å²) in [4.78, 5) is 41.5. The number of aliphatic hydroxyl groups is 1. The molecule has 1 fully saturated rings. The summed E-state index contributed by atoms with van der Waals surface area (Å²) in [6, 6.07) is 8.23. The molecule has 38 heavy (non-hydrogen) atoms. The van der Waals surface area contributed by atoms with Crippen molar-refractivity contribution in [3.63, 3.8) is 0 Å². The lowest BCUT2D eigenvalue weighted by atomic mass is 9.96. The van der Waals surface area contributed by atoms with E-state index < -0.39 is 36.4 Å². The molecule has 1 aromatic heterocycles. The van der Waals surface area contributed by atoms with Gasteiger partial charge in [-0.2, -0.15) is 0 Å². The number of nitrogens with zero attached hydrogens (tertiary/aromatic N) is 3. The summed E-state index contributed by atoms with van der Waals surface area (Å²) < 4.78 is 11.1. The van der Waals surface area contributed by atoms with Crippen molar-refractivity contribution in [1.82, 2.24) is 14.9 Å². The van der Waals surface area contributed by atoms with Gasteiger partial charge in [0.1, 0.15) is 5.75 Å². The minimum Gasteiger partial charge on any atom is -0.497 e. The maximum Gasteiger partial charge on any atom is 0.336 e. The van der Waals surface area contributed by atoms with Crippen LogP contribution in [-0.4, -0.2) is 92.2 Å². The van der Waals surface area contributed by atoms with Gasteiger partial charge >= 0.3 is 17.9 Å². The van der Waals surface area contributed by atoms with E-state index in [0.717, 1.165) is 50.4 Å².